The Morgan fingerprint density at radius 3 is 2.36 bits per heavy atom. The SMILES string of the molecule is CCOC(=O)c1cccc(-c2ccc(NC(=O)OC(C)(C)C)cc2)n1. The van der Waals surface area contributed by atoms with E-state index in [2.05, 4.69) is 10.3 Å². The lowest BCUT2D eigenvalue weighted by Crippen LogP contribution is -2.27. The molecule has 0 aliphatic heterocycles. The van der Waals surface area contributed by atoms with Gasteiger partial charge in [0, 0.05) is 11.3 Å². The zero-order valence-corrected chi connectivity index (χ0v) is 14.8. The summed E-state index contributed by atoms with van der Waals surface area (Å²) < 4.78 is 10.2. The maximum absolute atomic E-state index is 11.8. The Bertz CT molecular complexity index is 749. The fraction of sp³-hybridized carbons (Fsp3) is 0.316. The van der Waals surface area contributed by atoms with Crippen molar-refractivity contribution in [1.82, 2.24) is 4.98 Å². The second-order valence-electron chi connectivity index (χ2n) is 6.33. The van der Waals surface area contributed by atoms with Crippen LogP contribution in [0.4, 0.5) is 10.5 Å². The van der Waals surface area contributed by atoms with Crippen LogP contribution in [-0.2, 0) is 9.47 Å². The molecule has 6 heteroatoms. The average molecular weight is 342 g/mol. The third kappa shape index (κ3) is 5.60. The standard InChI is InChI=1S/C19H22N2O4/c1-5-24-17(22)16-8-6-7-15(21-16)13-9-11-14(12-10-13)20-18(23)25-19(2,3)4/h6-12H,5H2,1-4H3,(H,20,23). The molecule has 0 atom stereocenters. The zero-order valence-electron chi connectivity index (χ0n) is 14.8. The van der Waals surface area contributed by atoms with E-state index in [1.165, 1.54) is 0 Å². The van der Waals surface area contributed by atoms with Gasteiger partial charge in [0.1, 0.15) is 11.3 Å². The number of anilines is 1. The zero-order chi connectivity index (χ0) is 18.4. The van der Waals surface area contributed by atoms with E-state index < -0.39 is 17.7 Å². The summed E-state index contributed by atoms with van der Waals surface area (Å²) in [5.74, 6) is -0.451. The number of amides is 1. The second kappa shape index (κ2) is 7.79. The lowest BCUT2D eigenvalue weighted by atomic mass is 10.1. The van der Waals surface area contributed by atoms with E-state index in [1.807, 2.05) is 12.1 Å². The van der Waals surface area contributed by atoms with Crippen molar-refractivity contribution in [3.63, 3.8) is 0 Å². The van der Waals surface area contributed by atoms with Gasteiger partial charge in [0.05, 0.1) is 12.3 Å². The number of ether oxygens (including phenoxy) is 2. The number of carbonyl (C=O) groups excluding carboxylic acids is 2. The van der Waals surface area contributed by atoms with Crippen molar-refractivity contribution >= 4 is 17.7 Å². The molecule has 25 heavy (non-hydrogen) atoms. The Kier molecular flexibility index (Phi) is 5.75. The molecule has 2 rings (SSSR count). The first kappa shape index (κ1) is 18.4. The van der Waals surface area contributed by atoms with Crippen LogP contribution in [0.5, 0.6) is 0 Å². The van der Waals surface area contributed by atoms with Gasteiger partial charge in [-0.25, -0.2) is 14.6 Å². The van der Waals surface area contributed by atoms with E-state index in [1.54, 1.807) is 58.0 Å². The Morgan fingerprint density at radius 1 is 1.08 bits per heavy atom. The Morgan fingerprint density at radius 2 is 1.76 bits per heavy atom. The van der Waals surface area contributed by atoms with E-state index >= 15 is 0 Å². The van der Waals surface area contributed by atoms with Crippen molar-refractivity contribution in [2.24, 2.45) is 0 Å². The highest BCUT2D eigenvalue weighted by molar-refractivity contribution is 5.88. The molecule has 0 bridgehead atoms. The molecule has 0 aliphatic rings. The first-order valence-corrected chi connectivity index (χ1v) is 8.03. The van der Waals surface area contributed by atoms with Crippen molar-refractivity contribution in [2.45, 2.75) is 33.3 Å². The predicted octanol–water partition coefficient (Wildman–Crippen LogP) is 4.27. The number of esters is 1. The highest BCUT2D eigenvalue weighted by Gasteiger charge is 2.16. The molecule has 0 radical (unpaired) electrons. The molecule has 1 heterocycles. The van der Waals surface area contributed by atoms with Crippen molar-refractivity contribution in [3.05, 3.63) is 48.2 Å². The number of benzene rings is 1. The van der Waals surface area contributed by atoms with Crippen LogP contribution in [0.15, 0.2) is 42.5 Å². The van der Waals surface area contributed by atoms with Crippen molar-refractivity contribution in [2.75, 3.05) is 11.9 Å². The molecule has 6 nitrogen and oxygen atoms in total. The molecule has 0 saturated carbocycles. The number of hydrogen-bond acceptors (Lipinski definition) is 5. The number of nitrogens with zero attached hydrogens (tertiary/aromatic N) is 1. The van der Waals surface area contributed by atoms with E-state index in [0.29, 0.717) is 18.0 Å². The first-order valence-electron chi connectivity index (χ1n) is 8.03. The van der Waals surface area contributed by atoms with Crippen molar-refractivity contribution in [3.8, 4) is 11.3 Å². The molecule has 132 valence electrons. The van der Waals surface area contributed by atoms with Crippen LogP contribution in [0.2, 0.25) is 0 Å². The quantitative estimate of drug-likeness (QED) is 0.840. The fourth-order valence-corrected chi connectivity index (χ4v) is 2.06. The van der Waals surface area contributed by atoms with E-state index in [9.17, 15) is 9.59 Å². The van der Waals surface area contributed by atoms with Crippen LogP contribution in [0.1, 0.15) is 38.2 Å². The van der Waals surface area contributed by atoms with E-state index in [-0.39, 0.29) is 5.69 Å². The molecule has 0 saturated heterocycles. The molecular weight excluding hydrogens is 320 g/mol. The monoisotopic (exact) mass is 342 g/mol. The Labute approximate surface area is 147 Å². The van der Waals surface area contributed by atoms with Gasteiger partial charge in [-0.2, -0.15) is 0 Å². The van der Waals surface area contributed by atoms with E-state index in [0.717, 1.165) is 5.56 Å². The Hall–Kier alpha value is -2.89. The van der Waals surface area contributed by atoms with Gasteiger partial charge in [0.25, 0.3) is 0 Å². The minimum atomic E-state index is -0.554. The summed E-state index contributed by atoms with van der Waals surface area (Å²) in [6, 6.07) is 12.3. The summed E-state index contributed by atoms with van der Waals surface area (Å²) in [5, 5.41) is 2.67. The molecular formula is C19H22N2O4. The number of hydrogen-bond donors (Lipinski definition) is 1. The maximum atomic E-state index is 11.8. The van der Waals surface area contributed by atoms with Gasteiger partial charge in [-0.15, -0.1) is 0 Å². The second-order valence-corrected chi connectivity index (χ2v) is 6.33. The van der Waals surface area contributed by atoms with Crippen LogP contribution in [0.3, 0.4) is 0 Å². The Balaban J connectivity index is 2.11. The highest BCUT2D eigenvalue weighted by Crippen LogP contribution is 2.20. The normalized spacial score (nSPS) is 10.9. The summed E-state index contributed by atoms with van der Waals surface area (Å²) in [6.45, 7) is 7.46. The number of nitrogens with one attached hydrogen (secondary N) is 1. The van der Waals surface area contributed by atoms with Gasteiger partial charge in [0.15, 0.2) is 0 Å². The predicted molar refractivity (Wildman–Crippen MR) is 95.5 cm³/mol. The van der Waals surface area contributed by atoms with E-state index in [4.69, 9.17) is 9.47 Å². The van der Waals surface area contributed by atoms with Crippen molar-refractivity contribution < 1.29 is 19.1 Å². The summed E-state index contributed by atoms with van der Waals surface area (Å²) in [4.78, 5) is 27.9. The lowest BCUT2D eigenvalue weighted by Gasteiger charge is -2.19. The van der Waals surface area contributed by atoms with Gasteiger partial charge in [-0.3, -0.25) is 5.32 Å². The van der Waals surface area contributed by atoms with Crippen LogP contribution in [-0.4, -0.2) is 29.3 Å². The lowest BCUT2D eigenvalue weighted by molar-refractivity contribution is 0.0518. The molecule has 1 amide bonds. The molecule has 0 aliphatic carbocycles. The first-order chi connectivity index (χ1) is 11.8. The third-order valence-electron chi connectivity index (χ3n) is 3.06. The van der Waals surface area contributed by atoms with Gasteiger partial charge < -0.3 is 9.47 Å². The van der Waals surface area contributed by atoms with Crippen LogP contribution >= 0.6 is 0 Å². The molecule has 2 aromatic rings. The number of aromatic nitrogens is 1. The molecule has 0 unspecified atom stereocenters. The molecule has 1 aromatic heterocycles. The van der Waals surface area contributed by atoms with Crippen molar-refractivity contribution in [1.29, 1.82) is 0 Å². The number of pyridine rings is 1. The summed E-state index contributed by atoms with van der Waals surface area (Å²) in [7, 11) is 0. The van der Waals surface area contributed by atoms with Crippen LogP contribution in [0, 0.1) is 0 Å². The average Bonchev–Trinajstić information content (AvgIpc) is 2.54. The van der Waals surface area contributed by atoms with Gasteiger partial charge in [0.2, 0.25) is 0 Å². The highest BCUT2D eigenvalue weighted by atomic mass is 16.6. The third-order valence-corrected chi connectivity index (χ3v) is 3.06. The number of rotatable bonds is 4. The fourth-order valence-electron chi connectivity index (χ4n) is 2.06. The summed E-state index contributed by atoms with van der Waals surface area (Å²) in [6.07, 6.45) is -0.511. The number of carbonyl (C=O) groups is 2. The topological polar surface area (TPSA) is 77.5 Å². The van der Waals surface area contributed by atoms with Gasteiger partial charge in [-0.1, -0.05) is 18.2 Å². The molecule has 1 N–H and O–H groups in total. The van der Waals surface area contributed by atoms with Crippen LogP contribution in [0.25, 0.3) is 11.3 Å². The minimum absolute atomic E-state index is 0.260. The summed E-state index contributed by atoms with van der Waals surface area (Å²) >= 11 is 0. The van der Waals surface area contributed by atoms with Gasteiger partial charge >= 0.3 is 12.1 Å². The molecule has 0 spiro atoms. The molecule has 1 aromatic carbocycles. The minimum Gasteiger partial charge on any atom is -0.461 e. The maximum Gasteiger partial charge on any atom is 0.412 e. The smallest absolute Gasteiger partial charge is 0.412 e. The van der Waals surface area contributed by atoms with Gasteiger partial charge in [-0.05, 0) is 52.0 Å². The molecule has 0 fully saturated rings. The van der Waals surface area contributed by atoms with Crippen LogP contribution < -0.4 is 5.32 Å². The summed E-state index contributed by atoms with van der Waals surface area (Å²) in [5.41, 5.74) is 1.78. The largest absolute Gasteiger partial charge is 0.461 e.